The van der Waals surface area contributed by atoms with Crippen molar-refractivity contribution in [2.24, 2.45) is 0 Å². The number of thiophene rings is 1. The topological polar surface area (TPSA) is 87.4 Å². The molecule has 0 aromatic carbocycles. The van der Waals surface area contributed by atoms with Crippen LogP contribution in [-0.2, 0) is 4.79 Å². The zero-order chi connectivity index (χ0) is 18.1. The highest BCUT2D eigenvalue weighted by molar-refractivity contribution is 7.17. The molecule has 4 heterocycles. The summed E-state index contributed by atoms with van der Waals surface area (Å²) in [4.78, 5) is 25.6. The molecule has 1 atom stereocenters. The molecular weight excluding hydrogens is 352 g/mol. The molecule has 0 radical (unpaired) electrons. The summed E-state index contributed by atoms with van der Waals surface area (Å²) in [7, 11) is 0. The molecule has 136 valence electrons. The molecule has 3 aromatic rings. The summed E-state index contributed by atoms with van der Waals surface area (Å²) in [6, 6.07) is 3.48. The van der Waals surface area contributed by atoms with Crippen molar-refractivity contribution in [3.8, 4) is 0 Å². The predicted molar refractivity (Wildman–Crippen MR) is 101 cm³/mol. The number of anilines is 2. The van der Waals surface area contributed by atoms with Crippen molar-refractivity contribution in [2.75, 3.05) is 36.4 Å². The molecule has 3 aromatic heterocycles. The molecule has 1 unspecified atom stereocenters. The summed E-state index contributed by atoms with van der Waals surface area (Å²) in [6.07, 6.45) is 1.62. The number of piperazine rings is 1. The molecule has 1 N–H and O–H groups in total. The predicted octanol–water partition coefficient (Wildman–Crippen LogP) is 2.14. The van der Waals surface area contributed by atoms with Crippen LogP contribution in [0, 0.1) is 6.92 Å². The molecule has 8 nitrogen and oxygen atoms in total. The maximum atomic E-state index is 12.4. The number of carbonyl (C=O) groups is 1. The number of aromatic nitrogens is 3. The van der Waals surface area contributed by atoms with E-state index in [0.717, 1.165) is 47.9 Å². The molecule has 1 aliphatic heterocycles. The van der Waals surface area contributed by atoms with Gasteiger partial charge in [-0.05, 0) is 25.3 Å². The van der Waals surface area contributed by atoms with E-state index in [1.54, 1.807) is 23.7 Å². The minimum atomic E-state index is -0.241. The van der Waals surface area contributed by atoms with Crippen LogP contribution in [0.4, 0.5) is 11.7 Å². The van der Waals surface area contributed by atoms with Crippen LogP contribution >= 0.6 is 11.3 Å². The van der Waals surface area contributed by atoms with Gasteiger partial charge < -0.3 is 9.42 Å². The van der Waals surface area contributed by atoms with E-state index in [2.05, 4.69) is 30.2 Å². The van der Waals surface area contributed by atoms with Gasteiger partial charge in [-0.3, -0.25) is 15.0 Å². The Kier molecular flexibility index (Phi) is 4.56. The first-order chi connectivity index (χ1) is 12.6. The number of amides is 1. The average molecular weight is 372 g/mol. The maximum absolute atomic E-state index is 12.4. The van der Waals surface area contributed by atoms with Gasteiger partial charge in [-0.25, -0.2) is 9.97 Å². The largest absolute Gasteiger partial charge is 0.353 e. The lowest BCUT2D eigenvalue weighted by atomic mass is 10.2. The van der Waals surface area contributed by atoms with E-state index in [1.165, 1.54) is 0 Å². The Hall–Kier alpha value is -2.52. The van der Waals surface area contributed by atoms with Crippen molar-refractivity contribution in [3.05, 3.63) is 29.5 Å². The summed E-state index contributed by atoms with van der Waals surface area (Å²) >= 11 is 1.66. The highest BCUT2D eigenvalue weighted by Crippen LogP contribution is 2.28. The molecule has 4 rings (SSSR count). The molecule has 1 amide bonds. The first-order valence-electron chi connectivity index (χ1n) is 8.53. The van der Waals surface area contributed by atoms with E-state index in [1.807, 2.05) is 25.3 Å². The first-order valence-corrected chi connectivity index (χ1v) is 9.41. The molecule has 0 aliphatic carbocycles. The monoisotopic (exact) mass is 372 g/mol. The number of hydrogen-bond donors (Lipinski definition) is 1. The van der Waals surface area contributed by atoms with E-state index in [-0.39, 0.29) is 11.9 Å². The second-order valence-electron chi connectivity index (χ2n) is 6.35. The highest BCUT2D eigenvalue weighted by atomic mass is 32.1. The zero-order valence-corrected chi connectivity index (χ0v) is 15.5. The fourth-order valence-corrected chi connectivity index (χ4v) is 4.00. The zero-order valence-electron chi connectivity index (χ0n) is 14.7. The van der Waals surface area contributed by atoms with Gasteiger partial charge in [0.1, 0.15) is 12.1 Å². The number of aryl methyl sites for hydroxylation is 1. The number of fused-ring (bicyclic) bond motifs is 1. The highest BCUT2D eigenvalue weighted by Gasteiger charge is 2.27. The fourth-order valence-electron chi connectivity index (χ4n) is 3.14. The van der Waals surface area contributed by atoms with Gasteiger partial charge in [0.15, 0.2) is 0 Å². The normalized spacial score (nSPS) is 16.8. The lowest BCUT2D eigenvalue weighted by molar-refractivity contribution is -0.121. The van der Waals surface area contributed by atoms with Crippen LogP contribution in [0.2, 0.25) is 0 Å². The summed E-state index contributed by atoms with van der Waals surface area (Å²) in [5.74, 6) is 1.29. The minimum Gasteiger partial charge on any atom is -0.353 e. The fraction of sp³-hybridized carbons (Fsp3) is 0.412. The van der Waals surface area contributed by atoms with E-state index < -0.39 is 0 Å². The molecule has 9 heteroatoms. The van der Waals surface area contributed by atoms with Gasteiger partial charge in [0, 0.05) is 32.2 Å². The van der Waals surface area contributed by atoms with Crippen LogP contribution < -0.4 is 10.2 Å². The number of hydrogen-bond acceptors (Lipinski definition) is 8. The van der Waals surface area contributed by atoms with Crippen molar-refractivity contribution >= 4 is 39.2 Å². The second kappa shape index (κ2) is 7.00. The van der Waals surface area contributed by atoms with Gasteiger partial charge >= 0.3 is 0 Å². The number of carbonyl (C=O) groups excluding carboxylic acids is 1. The molecule has 1 aliphatic rings. The van der Waals surface area contributed by atoms with Crippen LogP contribution in [0.25, 0.3) is 10.2 Å². The summed E-state index contributed by atoms with van der Waals surface area (Å²) in [5, 5.41) is 8.60. The lowest BCUT2D eigenvalue weighted by Gasteiger charge is -2.37. The van der Waals surface area contributed by atoms with Crippen molar-refractivity contribution in [3.63, 3.8) is 0 Å². The van der Waals surface area contributed by atoms with Crippen LogP contribution in [0.15, 0.2) is 28.4 Å². The lowest BCUT2D eigenvalue weighted by Crippen LogP contribution is -2.53. The summed E-state index contributed by atoms with van der Waals surface area (Å²) < 4.78 is 6.18. The van der Waals surface area contributed by atoms with E-state index in [9.17, 15) is 4.79 Å². The average Bonchev–Trinajstić information content (AvgIpc) is 3.29. The van der Waals surface area contributed by atoms with Crippen LogP contribution in [0.5, 0.6) is 0 Å². The molecule has 26 heavy (non-hydrogen) atoms. The van der Waals surface area contributed by atoms with Gasteiger partial charge in [0.05, 0.1) is 22.0 Å². The van der Waals surface area contributed by atoms with E-state index in [4.69, 9.17) is 4.52 Å². The number of rotatable bonds is 4. The van der Waals surface area contributed by atoms with E-state index in [0.29, 0.717) is 5.88 Å². The standard InChI is InChI=1S/C17H20N6O2S/c1-11-9-14(25-21-11)20-17(24)12(2)22-4-6-23(7-5-22)16-15-13(3-8-26-15)18-10-19-16/h3,8-10,12H,4-7H2,1-2H3,(H,20,24). The van der Waals surface area contributed by atoms with Gasteiger partial charge in [-0.15, -0.1) is 11.3 Å². The minimum absolute atomic E-state index is 0.0858. The third-order valence-corrected chi connectivity index (χ3v) is 5.54. The third-order valence-electron chi connectivity index (χ3n) is 4.64. The van der Waals surface area contributed by atoms with E-state index >= 15 is 0 Å². The van der Waals surface area contributed by atoms with Gasteiger partial charge in [-0.1, -0.05) is 5.16 Å². The van der Waals surface area contributed by atoms with Crippen molar-refractivity contribution in [1.29, 1.82) is 0 Å². The van der Waals surface area contributed by atoms with Crippen molar-refractivity contribution in [1.82, 2.24) is 20.0 Å². The van der Waals surface area contributed by atoms with Gasteiger partial charge in [-0.2, -0.15) is 0 Å². The number of nitrogens with zero attached hydrogens (tertiary/aromatic N) is 5. The molecular formula is C17H20N6O2S. The number of nitrogens with one attached hydrogen (secondary N) is 1. The Bertz CT molecular complexity index is 915. The summed E-state index contributed by atoms with van der Waals surface area (Å²) in [6.45, 7) is 6.96. The maximum Gasteiger partial charge on any atom is 0.243 e. The van der Waals surface area contributed by atoms with Gasteiger partial charge in [0.25, 0.3) is 0 Å². The Morgan fingerprint density at radius 1 is 1.31 bits per heavy atom. The van der Waals surface area contributed by atoms with Crippen molar-refractivity contribution in [2.45, 2.75) is 19.9 Å². The Labute approximate surface area is 154 Å². The van der Waals surface area contributed by atoms with Crippen LogP contribution in [0.1, 0.15) is 12.6 Å². The Morgan fingerprint density at radius 2 is 2.12 bits per heavy atom. The Balaban J connectivity index is 1.38. The summed E-state index contributed by atoms with van der Waals surface area (Å²) in [5.41, 5.74) is 1.73. The molecule has 0 saturated carbocycles. The second-order valence-corrected chi connectivity index (χ2v) is 7.27. The smallest absolute Gasteiger partial charge is 0.243 e. The van der Waals surface area contributed by atoms with Gasteiger partial charge in [0.2, 0.25) is 11.8 Å². The quantitative estimate of drug-likeness (QED) is 0.751. The Morgan fingerprint density at radius 3 is 2.85 bits per heavy atom. The SMILES string of the molecule is Cc1cc(NC(=O)C(C)N2CCN(c3ncnc4ccsc34)CC2)on1. The van der Waals surface area contributed by atoms with Crippen molar-refractivity contribution < 1.29 is 9.32 Å². The van der Waals surface area contributed by atoms with Crippen LogP contribution in [0.3, 0.4) is 0 Å². The molecule has 0 spiro atoms. The molecule has 1 fully saturated rings. The first kappa shape index (κ1) is 16.9. The molecule has 1 saturated heterocycles. The molecule has 0 bridgehead atoms. The van der Waals surface area contributed by atoms with Crippen LogP contribution in [-0.4, -0.2) is 58.2 Å². The third kappa shape index (κ3) is 3.27.